The Morgan fingerprint density at radius 1 is 1.35 bits per heavy atom. The number of ether oxygens (including phenoxy) is 1. The van der Waals surface area contributed by atoms with Crippen LogP contribution in [0.2, 0.25) is 0 Å². The minimum absolute atomic E-state index is 0.0305. The molecule has 0 spiro atoms. The highest BCUT2D eigenvalue weighted by Gasteiger charge is 2.37. The van der Waals surface area contributed by atoms with E-state index in [1.165, 1.54) is 19.1 Å². The van der Waals surface area contributed by atoms with Crippen molar-refractivity contribution >= 4 is 18.1 Å². The predicted octanol–water partition coefficient (Wildman–Crippen LogP) is 3.19. The molecule has 0 aromatic heterocycles. The van der Waals surface area contributed by atoms with Gasteiger partial charge in [-0.05, 0) is 25.0 Å². The molecule has 1 aromatic rings. The third-order valence-electron chi connectivity index (χ3n) is 3.02. The van der Waals surface area contributed by atoms with Crippen molar-refractivity contribution in [3.05, 3.63) is 41.3 Å². The topological polar surface area (TPSA) is 66.8 Å². The van der Waals surface area contributed by atoms with E-state index in [0.717, 1.165) is 6.07 Å². The second-order valence-electron chi connectivity index (χ2n) is 4.37. The van der Waals surface area contributed by atoms with Gasteiger partial charge in [0.25, 0.3) is 0 Å². The molecule has 1 N–H and O–H groups in total. The van der Waals surface area contributed by atoms with Crippen molar-refractivity contribution in [1.82, 2.24) is 0 Å². The lowest BCUT2D eigenvalue weighted by Crippen LogP contribution is -2.30. The zero-order valence-corrected chi connectivity index (χ0v) is 12.6. The Morgan fingerprint density at radius 3 is 2.43 bits per heavy atom. The highest BCUT2D eigenvalue weighted by molar-refractivity contribution is 6.00. The summed E-state index contributed by atoms with van der Waals surface area (Å²) in [5, 5.41) is 9.20. The van der Waals surface area contributed by atoms with Crippen LogP contribution in [0.5, 0.6) is 0 Å². The van der Waals surface area contributed by atoms with Gasteiger partial charge in [0.15, 0.2) is 5.70 Å². The Hall–Kier alpha value is -2.51. The average Bonchev–Trinajstić information content (AvgIpc) is 2.51. The van der Waals surface area contributed by atoms with Gasteiger partial charge in [0.2, 0.25) is 6.41 Å². The molecule has 0 radical (unpaired) electrons. The lowest BCUT2D eigenvalue weighted by Gasteiger charge is -2.25. The lowest BCUT2D eigenvalue weighted by molar-refractivity contribution is -0.140. The number of aryl methyl sites for hydroxylation is 1. The van der Waals surface area contributed by atoms with Gasteiger partial charge in [0.1, 0.15) is 6.26 Å². The fourth-order valence-electron chi connectivity index (χ4n) is 2.04. The first-order valence-electron chi connectivity index (χ1n) is 6.76. The summed E-state index contributed by atoms with van der Waals surface area (Å²) in [6.45, 7) is 3.03. The van der Waals surface area contributed by atoms with Gasteiger partial charge in [-0.2, -0.15) is 13.2 Å². The third-order valence-corrected chi connectivity index (χ3v) is 3.02. The fourth-order valence-corrected chi connectivity index (χ4v) is 2.04. The van der Waals surface area contributed by atoms with E-state index in [-0.39, 0.29) is 31.3 Å². The smallest absolute Gasteiger partial charge is 0.418 e. The molecule has 0 unspecified atom stereocenters. The number of alkyl halides is 3. The molecule has 1 amide bonds. The van der Waals surface area contributed by atoms with Crippen LogP contribution in [0.25, 0.3) is 0 Å². The molecule has 0 aliphatic rings. The Kier molecular flexibility index (Phi) is 6.18. The molecular formula is C15H16F3NO4. The van der Waals surface area contributed by atoms with Crippen LogP contribution in [0, 0.1) is 0 Å². The van der Waals surface area contributed by atoms with E-state index in [4.69, 9.17) is 0 Å². The van der Waals surface area contributed by atoms with Gasteiger partial charge in [-0.25, -0.2) is 4.79 Å². The number of anilines is 1. The summed E-state index contributed by atoms with van der Waals surface area (Å²) in [6.07, 6.45) is -4.27. The molecule has 0 fully saturated rings. The summed E-state index contributed by atoms with van der Waals surface area (Å²) in [4.78, 5) is 23.6. The molecule has 1 rings (SSSR count). The largest absolute Gasteiger partial charge is 0.513 e. The number of esters is 1. The van der Waals surface area contributed by atoms with Crippen LogP contribution in [0.15, 0.2) is 30.2 Å². The summed E-state index contributed by atoms with van der Waals surface area (Å²) >= 11 is 0. The SMILES string of the molecule is CCOC(=O)/C(=C\O)N(C=O)c1c(CC)cccc1C(F)(F)F. The number of amides is 1. The molecular weight excluding hydrogens is 315 g/mol. The zero-order valence-electron chi connectivity index (χ0n) is 12.6. The van der Waals surface area contributed by atoms with Crippen molar-refractivity contribution in [1.29, 1.82) is 0 Å². The predicted molar refractivity (Wildman–Crippen MR) is 76.7 cm³/mol. The molecule has 0 bridgehead atoms. The van der Waals surface area contributed by atoms with Crippen molar-refractivity contribution < 1.29 is 32.6 Å². The Balaban J connectivity index is 3.57. The van der Waals surface area contributed by atoms with E-state index in [2.05, 4.69) is 4.74 Å². The molecule has 0 aliphatic heterocycles. The molecule has 8 heteroatoms. The minimum atomic E-state index is -4.74. The summed E-state index contributed by atoms with van der Waals surface area (Å²) in [6, 6.07) is 3.41. The number of aliphatic hydroxyl groups excluding tert-OH is 1. The van der Waals surface area contributed by atoms with Crippen molar-refractivity contribution in [3.8, 4) is 0 Å². The molecule has 1 aromatic carbocycles. The first kappa shape index (κ1) is 18.5. The van der Waals surface area contributed by atoms with Crippen LogP contribution in [-0.2, 0) is 26.9 Å². The molecule has 0 saturated carbocycles. The van der Waals surface area contributed by atoms with Crippen LogP contribution < -0.4 is 4.90 Å². The first-order chi connectivity index (χ1) is 10.8. The number of rotatable bonds is 6. The van der Waals surface area contributed by atoms with Gasteiger partial charge in [-0.3, -0.25) is 9.69 Å². The lowest BCUT2D eigenvalue weighted by atomic mass is 10.0. The maximum atomic E-state index is 13.2. The van der Waals surface area contributed by atoms with Gasteiger partial charge in [-0.15, -0.1) is 0 Å². The Morgan fingerprint density at radius 2 is 2.00 bits per heavy atom. The molecule has 0 atom stereocenters. The molecule has 0 saturated heterocycles. The van der Waals surface area contributed by atoms with Gasteiger partial charge in [0.05, 0.1) is 17.9 Å². The second-order valence-corrected chi connectivity index (χ2v) is 4.37. The number of benzene rings is 1. The first-order valence-corrected chi connectivity index (χ1v) is 6.76. The van der Waals surface area contributed by atoms with Crippen LogP contribution in [-0.4, -0.2) is 24.1 Å². The summed E-state index contributed by atoms with van der Waals surface area (Å²) in [5.74, 6) is -1.11. The van der Waals surface area contributed by atoms with Gasteiger partial charge in [-0.1, -0.05) is 19.1 Å². The second kappa shape index (κ2) is 7.66. The summed E-state index contributed by atoms with van der Waals surface area (Å²) in [7, 11) is 0. The summed E-state index contributed by atoms with van der Waals surface area (Å²) < 4.78 is 44.4. The van der Waals surface area contributed by atoms with Gasteiger partial charge >= 0.3 is 12.1 Å². The number of hydrogen-bond acceptors (Lipinski definition) is 4. The highest BCUT2D eigenvalue weighted by atomic mass is 19.4. The monoisotopic (exact) mass is 331 g/mol. The van der Waals surface area contributed by atoms with Crippen LogP contribution >= 0.6 is 0 Å². The van der Waals surface area contributed by atoms with Crippen LogP contribution in [0.1, 0.15) is 25.0 Å². The van der Waals surface area contributed by atoms with Crippen molar-refractivity contribution in [2.45, 2.75) is 26.4 Å². The Bertz CT molecular complexity index is 611. The highest BCUT2D eigenvalue weighted by Crippen LogP contribution is 2.39. The van der Waals surface area contributed by atoms with E-state index in [1.807, 2.05) is 0 Å². The number of carbonyl (C=O) groups excluding carboxylic acids is 2. The maximum Gasteiger partial charge on any atom is 0.418 e. The molecule has 23 heavy (non-hydrogen) atoms. The molecule has 126 valence electrons. The van der Waals surface area contributed by atoms with E-state index < -0.39 is 29.1 Å². The van der Waals surface area contributed by atoms with Gasteiger partial charge in [0, 0.05) is 0 Å². The normalized spacial score (nSPS) is 12.0. The number of nitrogens with zero attached hydrogens (tertiary/aromatic N) is 1. The van der Waals surface area contributed by atoms with Crippen LogP contribution in [0.3, 0.4) is 0 Å². The minimum Gasteiger partial charge on any atom is -0.513 e. The van der Waals surface area contributed by atoms with E-state index in [1.54, 1.807) is 6.92 Å². The van der Waals surface area contributed by atoms with Gasteiger partial charge < -0.3 is 9.84 Å². The summed E-state index contributed by atoms with van der Waals surface area (Å²) in [5.41, 5.74) is -2.11. The van der Waals surface area contributed by atoms with Crippen LogP contribution in [0.4, 0.5) is 18.9 Å². The molecule has 5 nitrogen and oxygen atoms in total. The number of hydrogen-bond donors (Lipinski definition) is 1. The van der Waals surface area contributed by atoms with E-state index in [0.29, 0.717) is 4.90 Å². The fraction of sp³-hybridized carbons (Fsp3) is 0.333. The average molecular weight is 331 g/mol. The van der Waals surface area contributed by atoms with E-state index in [9.17, 15) is 27.9 Å². The molecule has 0 heterocycles. The quantitative estimate of drug-likeness (QED) is 0.376. The van der Waals surface area contributed by atoms with Crippen molar-refractivity contribution in [3.63, 3.8) is 0 Å². The number of carbonyl (C=O) groups is 2. The number of para-hydroxylation sites is 1. The van der Waals surface area contributed by atoms with E-state index >= 15 is 0 Å². The Labute approximate surface area is 131 Å². The zero-order chi connectivity index (χ0) is 17.6. The number of aliphatic hydroxyl groups is 1. The standard InChI is InChI=1S/C15H16F3NO4/c1-3-10-6-5-7-11(15(16,17)18)13(10)19(9-21)12(8-20)14(22)23-4-2/h5-9,20H,3-4H2,1-2H3/b12-8+. The third kappa shape index (κ3) is 4.02. The maximum absolute atomic E-state index is 13.2. The molecule has 0 aliphatic carbocycles. The van der Waals surface area contributed by atoms with Crippen molar-refractivity contribution in [2.24, 2.45) is 0 Å². The van der Waals surface area contributed by atoms with Crippen molar-refractivity contribution in [2.75, 3.05) is 11.5 Å². The number of halogens is 3.